The van der Waals surface area contributed by atoms with Crippen LogP contribution in [0, 0.1) is 0 Å². The Morgan fingerprint density at radius 3 is 2.43 bits per heavy atom. The number of urea groups is 1. The molecule has 0 bridgehead atoms. The van der Waals surface area contributed by atoms with Gasteiger partial charge in [0.05, 0.1) is 0 Å². The number of hydrogen-bond donors (Lipinski definition) is 1. The molecular weight excluding hydrogens is 262 g/mol. The van der Waals surface area contributed by atoms with E-state index < -0.39 is 0 Å². The molecule has 1 aromatic rings. The number of nitrogens with one attached hydrogen (secondary N) is 1. The first-order valence-corrected chi connectivity index (χ1v) is 7.97. The highest BCUT2D eigenvalue weighted by Gasteiger charge is 2.21. The van der Waals surface area contributed by atoms with Gasteiger partial charge in [-0.1, -0.05) is 30.3 Å². The number of rotatable bonds is 5. The van der Waals surface area contributed by atoms with Crippen LogP contribution in [0.3, 0.4) is 0 Å². The van der Waals surface area contributed by atoms with E-state index in [-0.39, 0.29) is 6.03 Å². The average molecular weight is 289 g/mol. The summed E-state index contributed by atoms with van der Waals surface area (Å²) in [5.41, 5.74) is 1.33. The van der Waals surface area contributed by atoms with E-state index >= 15 is 0 Å². The number of carbonyl (C=O) groups excluding carboxylic acids is 1. The summed E-state index contributed by atoms with van der Waals surface area (Å²) < 4.78 is 0. The van der Waals surface area contributed by atoms with Crippen LogP contribution in [0.2, 0.25) is 0 Å². The summed E-state index contributed by atoms with van der Waals surface area (Å²) in [4.78, 5) is 16.4. The lowest BCUT2D eigenvalue weighted by molar-refractivity contribution is 0.119. The van der Waals surface area contributed by atoms with Gasteiger partial charge in [0.1, 0.15) is 0 Å². The summed E-state index contributed by atoms with van der Waals surface area (Å²) >= 11 is 0. The molecule has 0 saturated carbocycles. The summed E-state index contributed by atoms with van der Waals surface area (Å²) in [5.74, 6) is 0. The zero-order valence-corrected chi connectivity index (χ0v) is 13.2. The van der Waals surface area contributed by atoms with E-state index in [1.54, 1.807) is 0 Å². The van der Waals surface area contributed by atoms with E-state index in [9.17, 15) is 4.79 Å². The molecule has 1 heterocycles. The van der Waals surface area contributed by atoms with Crippen molar-refractivity contribution in [3.63, 3.8) is 0 Å². The van der Waals surface area contributed by atoms with Crippen molar-refractivity contribution in [2.45, 2.75) is 32.7 Å². The van der Waals surface area contributed by atoms with Gasteiger partial charge in [-0.3, -0.25) is 4.90 Å². The molecule has 0 radical (unpaired) electrons. The van der Waals surface area contributed by atoms with Gasteiger partial charge in [0.25, 0.3) is 0 Å². The highest BCUT2D eigenvalue weighted by atomic mass is 16.2. The van der Waals surface area contributed by atoms with Crippen LogP contribution in [-0.2, 0) is 6.42 Å². The van der Waals surface area contributed by atoms with Gasteiger partial charge in [0.2, 0.25) is 0 Å². The van der Waals surface area contributed by atoms with Gasteiger partial charge in [-0.2, -0.15) is 0 Å². The lowest BCUT2D eigenvalue weighted by Crippen LogP contribution is -2.53. The summed E-state index contributed by atoms with van der Waals surface area (Å²) in [6, 6.07) is 11.1. The number of amides is 2. The van der Waals surface area contributed by atoms with E-state index in [1.165, 1.54) is 5.56 Å². The van der Waals surface area contributed by atoms with Crippen molar-refractivity contribution in [2.75, 3.05) is 32.7 Å². The molecule has 0 aromatic heterocycles. The molecule has 1 saturated heterocycles. The second kappa shape index (κ2) is 8.03. The highest BCUT2D eigenvalue weighted by molar-refractivity contribution is 5.74. The molecule has 0 spiro atoms. The van der Waals surface area contributed by atoms with Gasteiger partial charge in [0.15, 0.2) is 0 Å². The van der Waals surface area contributed by atoms with Gasteiger partial charge in [-0.25, -0.2) is 4.79 Å². The Bertz CT molecular complexity index is 425. The van der Waals surface area contributed by atoms with Crippen molar-refractivity contribution in [3.05, 3.63) is 35.9 Å². The molecule has 1 fully saturated rings. The molecule has 1 aliphatic rings. The molecule has 4 heteroatoms. The van der Waals surface area contributed by atoms with E-state index in [0.29, 0.717) is 6.04 Å². The Labute approximate surface area is 128 Å². The second-order valence-corrected chi connectivity index (χ2v) is 5.94. The Balaban J connectivity index is 1.62. The number of benzene rings is 1. The maximum absolute atomic E-state index is 12.1. The van der Waals surface area contributed by atoms with Crippen LogP contribution in [0.25, 0.3) is 0 Å². The van der Waals surface area contributed by atoms with Gasteiger partial charge >= 0.3 is 6.03 Å². The number of carbonyl (C=O) groups is 1. The van der Waals surface area contributed by atoms with Gasteiger partial charge < -0.3 is 10.2 Å². The SMILES string of the molecule is CC(C)N1CCN(C(=O)NCCCc2ccccc2)CC1. The lowest BCUT2D eigenvalue weighted by Gasteiger charge is -2.36. The topological polar surface area (TPSA) is 35.6 Å². The maximum atomic E-state index is 12.1. The summed E-state index contributed by atoms with van der Waals surface area (Å²) in [6.07, 6.45) is 2.00. The van der Waals surface area contributed by atoms with E-state index in [1.807, 2.05) is 11.0 Å². The van der Waals surface area contributed by atoms with Crippen LogP contribution in [0.1, 0.15) is 25.8 Å². The smallest absolute Gasteiger partial charge is 0.317 e. The summed E-state index contributed by atoms with van der Waals surface area (Å²) in [6.45, 7) is 8.80. The minimum atomic E-state index is 0.0893. The van der Waals surface area contributed by atoms with Crippen molar-refractivity contribution in [1.82, 2.24) is 15.1 Å². The molecule has 4 nitrogen and oxygen atoms in total. The molecule has 21 heavy (non-hydrogen) atoms. The molecule has 0 aliphatic carbocycles. The first-order chi connectivity index (χ1) is 10.2. The van der Waals surface area contributed by atoms with Gasteiger partial charge in [-0.05, 0) is 32.3 Å². The average Bonchev–Trinajstić information content (AvgIpc) is 2.52. The zero-order valence-electron chi connectivity index (χ0n) is 13.2. The fourth-order valence-electron chi connectivity index (χ4n) is 2.69. The Hall–Kier alpha value is -1.55. The van der Waals surface area contributed by atoms with Crippen LogP contribution in [0.5, 0.6) is 0 Å². The van der Waals surface area contributed by atoms with E-state index in [0.717, 1.165) is 45.6 Å². The quantitative estimate of drug-likeness (QED) is 0.845. The van der Waals surface area contributed by atoms with Crippen molar-refractivity contribution in [1.29, 1.82) is 0 Å². The first-order valence-electron chi connectivity index (χ1n) is 7.97. The largest absolute Gasteiger partial charge is 0.338 e. The molecule has 1 aliphatic heterocycles. The maximum Gasteiger partial charge on any atom is 0.317 e. The Morgan fingerprint density at radius 2 is 1.81 bits per heavy atom. The minimum Gasteiger partial charge on any atom is -0.338 e. The molecular formula is C17H27N3O. The Kier molecular flexibility index (Phi) is 6.05. The third kappa shape index (κ3) is 5.05. The number of aryl methyl sites for hydroxylation is 1. The lowest BCUT2D eigenvalue weighted by atomic mass is 10.1. The predicted octanol–water partition coefficient (Wildman–Crippen LogP) is 2.35. The summed E-state index contributed by atoms with van der Waals surface area (Å²) in [7, 11) is 0. The highest BCUT2D eigenvalue weighted by Crippen LogP contribution is 2.06. The Morgan fingerprint density at radius 1 is 1.14 bits per heavy atom. The van der Waals surface area contributed by atoms with Crippen molar-refractivity contribution < 1.29 is 4.79 Å². The van der Waals surface area contributed by atoms with Crippen LogP contribution in [-0.4, -0.2) is 54.6 Å². The fraction of sp³-hybridized carbons (Fsp3) is 0.588. The van der Waals surface area contributed by atoms with E-state index in [4.69, 9.17) is 0 Å². The third-order valence-corrected chi connectivity index (χ3v) is 4.09. The van der Waals surface area contributed by atoms with Crippen molar-refractivity contribution in [3.8, 4) is 0 Å². The number of piperazine rings is 1. The van der Waals surface area contributed by atoms with Crippen LogP contribution in [0.15, 0.2) is 30.3 Å². The summed E-state index contributed by atoms with van der Waals surface area (Å²) in [5, 5.41) is 3.04. The minimum absolute atomic E-state index is 0.0893. The first kappa shape index (κ1) is 15.8. The number of nitrogens with zero attached hydrogens (tertiary/aromatic N) is 2. The third-order valence-electron chi connectivity index (χ3n) is 4.09. The normalized spacial score (nSPS) is 16.2. The molecule has 2 amide bonds. The predicted molar refractivity (Wildman–Crippen MR) is 86.4 cm³/mol. The number of hydrogen-bond acceptors (Lipinski definition) is 2. The molecule has 0 unspecified atom stereocenters. The van der Waals surface area contributed by atoms with Crippen LogP contribution in [0.4, 0.5) is 4.79 Å². The van der Waals surface area contributed by atoms with Crippen molar-refractivity contribution in [2.24, 2.45) is 0 Å². The second-order valence-electron chi connectivity index (χ2n) is 5.94. The van der Waals surface area contributed by atoms with Crippen LogP contribution >= 0.6 is 0 Å². The van der Waals surface area contributed by atoms with Crippen LogP contribution < -0.4 is 5.32 Å². The van der Waals surface area contributed by atoms with E-state index in [2.05, 4.69) is 48.3 Å². The molecule has 116 valence electrons. The molecule has 0 atom stereocenters. The fourth-order valence-corrected chi connectivity index (χ4v) is 2.69. The zero-order chi connectivity index (χ0) is 15.1. The van der Waals surface area contributed by atoms with Gasteiger partial charge in [0, 0.05) is 38.8 Å². The molecule has 2 rings (SSSR count). The molecule has 1 aromatic carbocycles. The standard InChI is InChI=1S/C17H27N3O/c1-15(2)19-11-13-20(14-12-19)17(21)18-10-6-9-16-7-4-3-5-8-16/h3-5,7-8,15H,6,9-14H2,1-2H3,(H,18,21). The van der Waals surface area contributed by atoms with Gasteiger partial charge in [-0.15, -0.1) is 0 Å². The molecule has 1 N–H and O–H groups in total. The van der Waals surface area contributed by atoms with Crippen molar-refractivity contribution >= 4 is 6.03 Å². The monoisotopic (exact) mass is 289 g/mol.